The maximum Gasteiger partial charge on any atom is 0.228 e. The normalized spacial score (nSPS) is 14.8. The molecule has 0 aliphatic rings. The van der Waals surface area contributed by atoms with Crippen LogP contribution in [0.25, 0.3) is 0 Å². The highest BCUT2D eigenvalue weighted by atomic mass is 16.5. The van der Waals surface area contributed by atoms with Gasteiger partial charge >= 0.3 is 0 Å². The van der Waals surface area contributed by atoms with E-state index in [-0.39, 0.29) is 12.1 Å². The molecule has 0 saturated heterocycles. The van der Waals surface area contributed by atoms with E-state index in [9.17, 15) is 0 Å². The number of methoxy groups -OCH3 is 2. The monoisotopic (exact) mass is 243 g/mol. The fourth-order valence-corrected chi connectivity index (χ4v) is 1.59. The SMILES string of the molecule is CCCC(OC)c1noc(CC(N)COC)n1. The minimum atomic E-state index is -0.125. The Kier molecular flexibility index (Phi) is 6.10. The number of nitrogens with two attached hydrogens (primary N) is 1. The summed E-state index contributed by atoms with van der Waals surface area (Å²) in [6, 6.07) is -0.125. The smallest absolute Gasteiger partial charge is 0.228 e. The van der Waals surface area contributed by atoms with E-state index >= 15 is 0 Å². The number of aromatic nitrogens is 2. The zero-order valence-corrected chi connectivity index (χ0v) is 10.7. The Morgan fingerprint density at radius 2 is 2.18 bits per heavy atom. The highest BCUT2D eigenvalue weighted by molar-refractivity contribution is 4.93. The third-order valence-corrected chi connectivity index (χ3v) is 2.42. The molecule has 0 spiro atoms. The summed E-state index contributed by atoms with van der Waals surface area (Å²) in [5.74, 6) is 1.12. The minimum absolute atomic E-state index is 0.101. The van der Waals surface area contributed by atoms with Gasteiger partial charge in [-0.25, -0.2) is 0 Å². The van der Waals surface area contributed by atoms with Gasteiger partial charge < -0.3 is 19.7 Å². The zero-order chi connectivity index (χ0) is 12.7. The Hall–Kier alpha value is -0.980. The Morgan fingerprint density at radius 1 is 1.41 bits per heavy atom. The van der Waals surface area contributed by atoms with Gasteiger partial charge in [-0.05, 0) is 6.42 Å². The average molecular weight is 243 g/mol. The molecule has 1 aromatic heterocycles. The number of rotatable bonds is 8. The van der Waals surface area contributed by atoms with Crippen LogP contribution in [0.1, 0.15) is 37.6 Å². The summed E-state index contributed by atoms with van der Waals surface area (Å²) in [5.41, 5.74) is 5.81. The van der Waals surface area contributed by atoms with E-state index in [4.69, 9.17) is 19.7 Å². The molecule has 0 fully saturated rings. The van der Waals surface area contributed by atoms with Gasteiger partial charge in [-0.2, -0.15) is 4.98 Å². The van der Waals surface area contributed by atoms with Crippen molar-refractivity contribution in [2.24, 2.45) is 5.73 Å². The molecule has 1 rings (SSSR count). The zero-order valence-electron chi connectivity index (χ0n) is 10.7. The molecule has 0 aliphatic carbocycles. The van der Waals surface area contributed by atoms with Gasteiger partial charge in [0.1, 0.15) is 6.10 Å². The first kappa shape index (κ1) is 14.1. The topological polar surface area (TPSA) is 83.4 Å². The molecule has 0 radical (unpaired) electrons. The Morgan fingerprint density at radius 3 is 2.76 bits per heavy atom. The van der Waals surface area contributed by atoms with E-state index < -0.39 is 0 Å². The van der Waals surface area contributed by atoms with Crippen LogP contribution in [0.2, 0.25) is 0 Å². The maximum absolute atomic E-state index is 5.81. The van der Waals surface area contributed by atoms with E-state index in [1.54, 1.807) is 14.2 Å². The van der Waals surface area contributed by atoms with Crippen molar-refractivity contribution in [1.82, 2.24) is 10.1 Å². The maximum atomic E-state index is 5.81. The molecular formula is C11H21N3O3. The Balaban J connectivity index is 2.57. The molecule has 98 valence electrons. The minimum Gasteiger partial charge on any atom is -0.383 e. The standard InChI is InChI=1S/C11H21N3O3/c1-4-5-9(16-3)11-13-10(17-14-11)6-8(12)7-15-2/h8-9H,4-7,12H2,1-3H3. The molecule has 0 bridgehead atoms. The van der Waals surface area contributed by atoms with Crippen molar-refractivity contribution in [3.8, 4) is 0 Å². The first-order valence-electron chi connectivity index (χ1n) is 5.81. The van der Waals surface area contributed by atoms with Gasteiger partial charge in [-0.3, -0.25) is 0 Å². The van der Waals surface area contributed by atoms with Crippen LogP contribution in [0.5, 0.6) is 0 Å². The largest absolute Gasteiger partial charge is 0.383 e. The van der Waals surface area contributed by atoms with Crippen molar-refractivity contribution < 1.29 is 14.0 Å². The second-order valence-corrected chi connectivity index (χ2v) is 3.98. The lowest BCUT2D eigenvalue weighted by atomic mass is 10.2. The average Bonchev–Trinajstić information content (AvgIpc) is 2.74. The molecule has 6 heteroatoms. The molecule has 2 atom stereocenters. The van der Waals surface area contributed by atoms with E-state index in [1.165, 1.54) is 0 Å². The van der Waals surface area contributed by atoms with Crippen molar-refractivity contribution >= 4 is 0 Å². The fraction of sp³-hybridized carbons (Fsp3) is 0.818. The molecule has 0 saturated carbocycles. The van der Waals surface area contributed by atoms with Gasteiger partial charge in [-0.1, -0.05) is 18.5 Å². The van der Waals surface area contributed by atoms with Crippen LogP contribution in [0.15, 0.2) is 4.52 Å². The van der Waals surface area contributed by atoms with Crippen LogP contribution >= 0.6 is 0 Å². The molecule has 6 nitrogen and oxygen atoms in total. The van der Waals surface area contributed by atoms with Crippen molar-refractivity contribution in [3.05, 3.63) is 11.7 Å². The third-order valence-electron chi connectivity index (χ3n) is 2.42. The van der Waals surface area contributed by atoms with Crippen molar-refractivity contribution in [2.75, 3.05) is 20.8 Å². The molecule has 17 heavy (non-hydrogen) atoms. The molecule has 0 aliphatic heterocycles. The number of nitrogens with zero attached hydrogens (tertiary/aromatic N) is 2. The molecular weight excluding hydrogens is 222 g/mol. The van der Waals surface area contributed by atoms with E-state index in [0.29, 0.717) is 24.7 Å². The molecule has 1 heterocycles. The Bertz CT molecular complexity index is 317. The van der Waals surface area contributed by atoms with Crippen molar-refractivity contribution in [3.63, 3.8) is 0 Å². The molecule has 2 N–H and O–H groups in total. The van der Waals surface area contributed by atoms with Gasteiger partial charge in [-0.15, -0.1) is 0 Å². The van der Waals surface area contributed by atoms with Crippen LogP contribution in [0.4, 0.5) is 0 Å². The van der Waals surface area contributed by atoms with Crippen molar-refractivity contribution in [1.29, 1.82) is 0 Å². The molecule has 2 unspecified atom stereocenters. The van der Waals surface area contributed by atoms with Gasteiger partial charge in [0.25, 0.3) is 0 Å². The van der Waals surface area contributed by atoms with E-state index in [0.717, 1.165) is 12.8 Å². The van der Waals surface area contributed by atoms with Crippen LogP contribution in [0.3, 0.4) is 0 Å². The predicted octanol–water partition coefficient (Wildman–Crippen LogP) is 1.07. The molecule has 1 aromatic rings. The summed E-state index contributed by atoms with van der Waals surface area (Å²) in [6.07, 6.45) is 2.30. The number of hydrogen-bond donors (Lipinski definition) is 1. The van der Waals surface area contributed by atoms with Gasteiger partial charge in [0.2, 0.25) is 11.7 Å². The number of ether oxygens (including phenoxy) is 2. The highest BCUT2D eigenvalue weighted by Gasteiger charge is 2.18. The second kappa shape index (κ2) is 7.37. The van der Waals surface area contributed by atoms with Crippen LogP contribution in [-0.2, 0) is 15.9 Å². The van der Waals surface area contributed by atoms with Gasteiger partial charge in [0, 0.05) is 26.7 Å². The summed E-state index contributed by atoms with van der Waals surface area (Å²) < 4.78 is 15.4. The lowest BCUT2D eigenvalue weighted by molar-refractivity contribution is 0.0854. The summed E-state index contributed by atoms with van der Waals surface area (Å²) in [6.45, 7) is 2.56. The third kappa shape index (κ3) is 4.41. The van der Waals surface area contributed by atoms with Crippen LogP contribution in [-0.4, -0.2) is 37.0 Å². The summed E-state index contributed by atoms with van der Waals surface area (Å²) in [7, 11) is 3.26. The first-order valence-corrected chi connectivity index (χ1v) is 5.81. The quantitative estimate of drug-likeness (QED) is 0.735. The van der Waals surface area contributed by atoms with E-state index in [2.05, 4.69) is 17.1 Å². The fourth-order valence-electron chi connectivity index (χ4n) is 1.59. The molecule has 0 aromatic carbocycles. The molecule has 0 amide bonds. The van der Waals surface area contributed by atoms with Gasteiger partial charge in [0.15, 0.2) is 0 Å². The lowest BCUT2D eigenvalue weighted by Crippen LogP contribution is -2.28. The Labute approximate surface area is 101 Å². The van der Waals surface area contributed by atoms with Crippen LogP contribution < -0.4 is 5.73 Å². The summed E-state index contributed by atoms with van der Waals surface area (Å²) in [5, 5.41) is 3.91. The van der Waals surface area contributed by atoms with E-state index in [1.807, 2.05) is 0 Å². The summed E-state index contributed by atoms with van der Waals surface area (Å²) >= 11 is 0. The second-order valence-electron chi connectivity index (χ2n) is 3.98. The van der Waals surface area contributed by atoms with Gasteiger partial charge in [0.05, 0.1) is 6.61 Å². The summed E-state index contributed by atoms with van der Waals surface area (Å²) in [4.78, 5) is 4.28. The van der Waals surface area contributed by atoms with Crippen LogP contribution in [0, 0.1) is 0 Å². The highest BCUT2D eigenvalue weighted by Crippen LogP contribution is 2.19. The number of hydrogen-bond acceptors (Lipinski definition) is 6. The predicted molar refractivity (Wildman–Crippen MR) is 62.5 cm³/mol. The lowest BCUT2D eigenvalue weighted by Gasteiger charge is -2.08. The first-order chi connectivity index (χ1) is 8.21. The van der Waals surface area contributed by atoms with Crippen molar-refractivity contribution in [2.45, 2.75) is 38.3 Å².